The number of anilines is 1. The number of aromatic nitrogens is 3. The summed E-state index contributed by atoms with van der Waals surface area (Å²) in [5.41, 5.74) is 1.69. The van der Waals surface area contributed by atoms with Crippen molar-refractivity contribution in [1.82, 2.24) is 20.3 Å². The van der Waals surface area contributed by atoms with Crippen molar-refractivity contribution in [2.75, 3.05) is 11.5 Å². The minimum atomic E-state index is -0.0316. The Bertz CT molecular complexity index is 860. The third kappa shape index (κ3) is 4.24. The standard InChI is InChI=1S/C22H29N5O2/c1-4-15(3)29-13-21(28)25-18-12-16-8-9-19(18)27(16)20-11-14(2)24-22(26-20)17-7-5-6-10-23-17/h5-7,10-11,15-16,18-19H,4,8-9,12-13H2,1-3H3,(H,25,28)/t15?,16-,18+,19+/m0/s1. The summed E-state index contributed by atoms with van der Waals surface area (Å²) >= 11 is 0. The Balaban J connectivity index is 1.49. The Morgan fingerprint density at radius 2 is 2.21 bits per heavy atom. The molecule has 29 heavy (non-hydrogen) atoms. The van der Waals surface area contributed by atoms with Gasteiger partial charge in [0.2, 0.25) is 5.91 Å². The van der Waals surface area contributed by atoms with Gasteiger partial charge in [0, 0.05) is 24.0 Å². The molecule has 0 aromatic carbocycles. The zero-order chi connectivity index (χ0) is 20.4. The molecule has 0 radical (unpaired) electrons. The van der Waals surface area contributed by atoms with Gasteiger partial charge in [-0.2, -0.15) is 0 Å². The topological polar surface area (TPSA) is 80.2 Å². The predicted molar refractivity (Wildman–Crippen MR) is 112 cm³/mol. The van der Waals surface area contributed by atoms with Crippen LogP contribution in [0.2, 0.25) is 0 Å². The van der Waals surface area contributed by atoms with Gasteiger partial charge in [-0.25, -0.2) is 9.97 Å². The Hall–Kier alpha value is -2.54. The first-order valence-corrected chi connectivity index (χ1v) is 10.5. The quantitative estimate of drug-likeness (QED) is 0.776. The monoisotopic (exact) mass is 395 g/mol. The number of ether oxygens (including phenoxy) is 1. The second-order valence-electron chi connectivity index (χ2n) is 8.05. The molecule has 2 aliphatic rings. The fraction of sp³-hybridized carbons (Fsp3) is 0.545. The lowest BCUT2D eigenvalue weighted by atomic mass is 9.95. The molecule has 0 saturated carbocycles. The van der Waals surface area contributed by atoms with Crippen molar-refractivity contribution in [3.63, 3.8) is 0 Å². The van der Waals surface area contributed by atoms with E-state index in [1.807, 2.05) is 38.1 Å². The number of amides is 1. The number of hydrogen-bond donors (Lipinski definition) is 1. The van der Waals surface area contributed by atoms with Crippen molar-refractivity contribution in [3.05, 3.63) is 36.2 Å². The van der Waals surface area contributed by atoms with Gasteiger partial charge < -0.3 is 15.0 Å². The minimum Gasteiger partial charge on any atom is -0.369 e. The highest BCUT2D eigenvalue weighted by Crippen LogP contribution is 2.41. The van der Waals surface area contributed by atoms with Crippen LogP contribution in [0.4, 0.5) is 5.82 Å². The molecule has 2 aliphatic heterocycles. The van der Waals surface area contributed by atoms with Gasteiger partial charge in [-0.15, -0.1) is 0 Å². The highest BCUT2D eigenvalue weighted by Gasteiger charge is 2.47. The summed E-state index contributed by atoms with van der Waals surface area (Å²) in [7, 11) is 0. The maximum atomic E-state index is 12.3. The van der Waals surface area contributed by atoms with Crippen molar-refractivity contribution in [2.45, 2.75) is 70.7 Å². The second-order valence-corrected chi connectivity index (χ2v) is 8.05. The molecular formula is C22H29N5O2. The summed E-state index contributed by atoms with van der Waals surface area (Å²) in [6.07, 6.45) is 5.90. The number of carbonyl (C=O) groups excluding carboxylic acids is 1. The van der Waals surface area contributed by atoms with Gasteiger partial charge in [-0.1, -0.05) is 13.0 Å². The Kier molecular flexibility index (Phi) is 5.76. The molecule has 2 bridgehead atoms. The van der Waals surface area contributed by atoms with E-state index >= 15 is 0 Å². The second kappa shape index (κ2) is 8.45. The van der Waals surface area contributed by atoms with Crippen molar-refractivity contribution in [2.24, 2.45) is 0 Å². The van der Waals surface area contributed by atoms with Crippen LogP contribution in [0.1, 0.15) is 45.2 Å². The number of nitrogens with zero attached hydrogens (tertiary/aromatic N) is 4. The number of carbonyl (C=O) groups is 1. The van der Waals surface area contributed by atoms with Gasteiger partial charge in [-0.05, 0) is 51.7 Å². The molecule has 1 unspecified atom stereocenters. The summed E-state index contributed by atoms with van der Waals surface area (Å²) in [6.45, 7) is 6.16. The van der Waals surface area contributed by atoms with E-state index in [-0.39, 0.29) is 30.7 Å². The van der Waals surface area contributed by atoms with Gasteiger partial charge in [0.1, 0.15) is 18.1 Å². The normalized spacial score (nSPS) is 24.0. The Labute approximate surface area is 171 Å². The van der Waals surface area contributed by atoms with Crippen molar-refractivity contribution in [3.8, 4) is 11.5 Å². The smallest absolute Gasteiger partial charge is 0.246 e. The predicted octanol–water partition coefficient (Wildman–Crippen LogP) is 2.89. The molecule has 154 valence electrons. The van der Waals surface area contributed by atoms with Crippen molar-refractivity contribution in [1.29, 1.82) is 0 Å². The molecule has 4 atom stereocenters. The summed E-state index contributed by atoms with van der Waals surface area (Å²) in [6, 6.07) is 8.59. The molecule has 2 saturated heterocycles. The highest BCUT2D eigenvalue weighted by molar-refractivity contribution is 5.78. The zero-order valence-corrected chi connectivity index (χ0v) is 17.3. The number of rotatable bonds is 7. The van der Waals surface area contributed by atoms with E-state index in [0.29, 0.717) is 11.9 Å². The van der Waals surface area contributed by atoms with Crippen LogP contribution in [-0.2, 0) is 9.53 Å². The average Bonchev–Trinajstić information content (AvgIpc) is 3.30. The van der Waals surface area contributed by atoms with Crippen LogP contribution in [0.3, 0.4) is 0 Å². The van der Waals surface area contributed by atoms with Crippen LogP contribution >= 0.6 is 0 Å². The van der Waals surface area contributed by atoms with Crippen LogP contribution in [0.15, 0.2) is 30.5 Å². The summed E-state index contributed by atoms with van der Waals surface area (Å²) in [5, 5.41) is 3.19. The van der Waals surface area contributed by atoms with Gasteiger partial charge in [0.15, 0.2) is 5.82 Å². The molecule has 2 fully saturated rings. The molecule has 0 aliphatic carbocycles. The highest BCUT2D eigenvalue weighted by atomic mass is 16.5. The van der Waals surface area contributed by atoms with Gasteiger partial charge in [0.05, 0.1) is 18.2 Å². The molecule has 0 spiro atoms. The van der Waals surface area contributed by atoms with E-state index in [4.69, 9.17) is 9.72 Å². The fourth-order valence-corrected chi connectivity index (χ4v) is 4.38. The van der Waals surface area contributed by atoms with Crippen LogP contribution in [0.5, 0.6) is 0 Å². The summed E-state index contributed by atoms with van der Waals surface area (Å²) in [5.74, 6) is 1.54. The lowest BCUT2D eigenvalue weighted by Gasteiger charge is -2.26. The first kappa shape index (κ1) is 19.8. The van der Waals surface area contributed by atoms with Crippen molar-refractivity contribution < 1.29 is 9.53 Å². The molecule has 2 aromatic heterocycles. The lowest BCUT2D eigenvalue weighted by Crippen LogP contribution is -2.45. The minimum absolute atomic E-state index is 0.0316. The number of aryl methyl sites for hydroxylation is 1. The molecule has 1 N–H and O–H groups in total. The maximum absolute atomic E-state index is 12.3. The Morgan fingerprint density at radius 3 is 2.97 bits per heavy atom. The van der Waals surface area contributed by atoms with Gasteiger partial charge >= 0.3 is 0 Å². The molecular weight excluding hydrogens is 366 g/mol. The van der Waals surface area contributed by atoms with Gasteiger partial charge in [0.25, 0.3) is 0 Å². The van der Waals surface area contributed by atoms with Crippen LogP contribution < -0.4 is 10.2 Å². The van der Waals surface area contributed by atoms with E-state index in [1.54, 1.807) is 6.20 Å². The third-order valence-corrected chi connectivity index (χ3v) is 5.96. The molecule has 2 aromatic rings. The van der Waals surface area contributed by atoms with Crippen LogP contribution in [-0.4, -0.2) is 51.7 Å². The van der Waals surface area contributed by atoms with E-state index in [9.17, 15) is 4.79 Å². The summed E-state index contributed by atoms with van der Waals surface area (Å²) in [4.78, 5) is 28.5. The zero-order valence-electron chi connectivity index (χ0n) is 17.3. The number of nitrogens with one attached hydrogen (secondary N) is 1. The first-order valence-electron chi connectivity index (χ1n) is 10.5. The SMILES string of the molecule is CCC(C)OCC(=O)N[C@@H]1C[C@@H]2CC[C@H]1N2c1cc(C)nc(-c2ccccn2)n1. The molecule has 7 heteroatoms. The molecule has 7 nitrogen and oxygen atoms in total. The molecule has 1 amide bonds. The average molecular weight is 396 g/mol. The summed E-state index contributed by atoms with van der Waals surface area (Å²) < 4.78 is 5.58. The first-order chi connectivity index (χ1) is 14.0. The number of fused-ring (bicyclic) bond motifs is 2. The van der Waals surface area contributed by atoms with Gasteiger partial charge in [-0.3, -0.25) is 9.78 Å². The van der Waals surface area contributed by atoms with Crippen LogP contribution in [0, 0.1) is 6.92 Å². The van der Waals surface area contributed by atoms with E-state index in [0.717, 1.165) is 42.9 Å². The lowest BCUT2D eigenvalue weighted by molar-refractivity contribution is -0.128. The number of pyridine rings is 1. The fourth-order valence-electron chi connectivity index (χ4n) is 4.38. The number of hydrogen-bond acceptors (Lipinski definition) is 6. The molecule has 4 rings (SSSR count). The Morgan fingerprint density at radius 1 is 1.34 bits per heavy atom. The largest absolute Gasteiger partial charge is 0.369 e. The van der Waals surface area contributed by atoms with Crippen LogP contribution in [0.25, 0.3) is 11.5 Å². The van der Waals surface area contributed by atoms with E-state index in [2.05, 4.69) is 27.1 Å². The van der Waals surface area contributed by atoms with E-state index in [1.165, 1.54) is 0 Å². The molecule has 4 heterocycles. The maximum Gasteiger partial charge on any atom is 0.246 e. The third-order valence-electron chi connectivity index (χ3n) is 5.96. The van der Waals surface area contributed by atoms with E-state index < -0.39 is 0 Å². The van der Waals surface area contributed by atoms with Crippen molar-refractivity contribution >= 4 is 11.7 Å².